The van der Waals surface area contributed by atoms with Crippen LogP contribution in [0.5, 0.6) is 0 Å². The first-order valence-corrected chi connectivity index (χ1v) is 6.46. The first-order chi connectivity index (χ1) is 7.85. The van der Waals surface area contributed by atoms with E-state index in [0.29, 0.717) is 0 Å². The number of nitrogens with zero attached hydrogens (tertiary/aromatic N) is 1. The second kappa shape index (κ2) is 5.74. The van der Waals surface area contributed by atoms with Crippen molar-refractivity contribution in [1.29, 1.82) is 0 Å². The lowest BCUT2D eigenvalue weighted by Gasteiger charge is -2.25. The van der Waals surface area contributed by atoms with Gasteiger partial charge in [0.25, 0.3) is 0 Å². The molecule has 96 valence electrons. The van der Waals surface area contributed by atoms with E-state index in [2.05, 4.69) is 51.0 Å². The molecule has 2 nitrogen and oxygen atoms in total. The van der Waals surface area contributed by atoms with Crippen LogP contribution in [0, 0.1) is 0 Å². The van der Waals surface area contributed by atoms with Crippen molar-refractivity contribution >= 4 is 17.3 Å². The van der Waals surface area contributed by atoms with Gasteiger partial charge in [-0.25, -0.2) is 0 Å². The summed E-state index contributed by atoms with van der Waals surface area (Å²) in [5, 5.41) is 4.32. The molecule has 0 amide bonds. The molecule has 1 N–H and O–H groups in total. The van der Waals surface area contributed by atoms with Gasteiger partial charge in [-0.15, -0.1) is 0 Å². The molecule has 17 heavy (non-hydrogen) atoms. The Bertz CT molecular complexity index is 369. The summed E-state index contributed by atoms with van der Waals surface area (Å²) in [4.78, 5) is 2.21. The molecule has 0 atom stereocenters. The Hall–Kier alpha value is -0.730. The zero-order chi connectivity index (χ0) is 13.1. The van der Waals surface area contributed by atoms with Gasteiger partial charge >= 0.3 is 0 Å². The average molecular weight is 255 g/mol. The number of anilines is 1. The molecule has 1 aromatic carbocycles. The second-order valence-corrected chi connectivity index (χ2v) is 5.76. The first-order valence-electron chi connectivity index (χ1n) is 6.08. The van der Waals surface area contributed by atoms with Gasteiger partial charge in [0.2, 0.25) is 0 Å². The zero-order valence-corrected chi connectivity index (χ0v) is 12.2. The summed E-state index contributed by atoms with van der Waals surface area (Å²) >= 11 is 6.29. The average Bonchev–Trinajstić information content (AvgIpc) is 2.25. The van der Waals surface area contributed by atoms with Crippen molar-refractivity contribution in [3.8, 4) is 0 Å². The summed E-state index contributed by atoms with van der Waals surface area (Å²) in [7, 11) is 2.09. The maximum Gasteiger partial charge on any atom is 0.0471 e. The molecule has 0 spiro atoms. The Morgan fingerprint density at radius 3 is 2.47 bits per heavy atom. The SMILES string of the molecule is CCN(C)c1cccc(Cl)c1CNC(C)(C)C. The third-order valence-electron chi connectivity index (χ3n) is 2.78. The lowest BCUT2D eigenvalue weighted by molar-refractivity contribution is 0.424. The molecule has 0 saturated carbocycles. The topological polar surface area (TPSA) is 15.3 Å². The Morgan fingerprint density at radius 2 is 1.94 bits per heavy atom. The van der Waals surface area contributed by atoms with E-state index in [-0.39, 0.29) is 5.54 Å². The van der Waals surface area contributed by atoms with Crippen LogP contribution < -0.4 is 10.2 Å². The van der Waals surface area contributed by atoms with E-state index < -0.39 is 0 Å². The van der Waals surface area contributed by atoms with E-state index in [1.54, 1.807) is 0 Å². The van der Waals surface area contributed by atoms with E-state index in [9.17, 15) is 0 Å². The number of benzene rings is 1. The molecule has 0 heterocycles. The van der Waals surface area contributed by atoms with Crippen LogP contribution in [-0.4, -0.2) is 19.1 Å². The number of rotatable bonds is 4. The normalized spacial score (nSPS) is 11.6. The van der Waals surface area contributed by atoms with Gasteiger partial charge in [0, 0.05) is 41.9 Å². The van der Waals surface area contributed by atoms with E-state index in [0.717, 1.165) is 18.1 Å². The smallest absolute Gasteiger partial charge is 0.0471 e. The summed E-state index contributed by atoms with van der Waals surface area (Å²) in [6, 6.07) is 6.08. The van der Waals surface area contributed by atoms with Crippen LogP contribution in [0.25, 0.3) is 0 Å². The zero-order valence-electron chi connectivity index (χ0n) is 11.5. The van der Waals surface area contributed by atoms with E-state index in [4.69, 9.17) is 11.6 Å². The summed E-state index contributed by atoms with van der Waals surface area (Å²) < 4.78 is 0. The minimum absolute atomic E-state index is 0.0984. The summed E-state index contributed by atoms with van der Waals surface area (Å²) in [6.45, 7) is 10.4. The third kappa shape index (κ3) is 4.21. The molecule has 0 radical (unpaired) electrons. The summed E-state index contributed by atoms with van der Waals surface area (Å²) in [5.74, 6) is 0. The fourth-order valence-electron chi connectivity index (χ4n) is 1.60. The van der Waals surface area contributed by atoms with Crippen LogP contribution in [0.1, 0.15) is 33.3 Å². The van der Waals surface area contributed by atoms with Gasteiger partial charge in [-0.05, 0) is 39.8 Å². The molecule has 0 aliphatic rings. The lowest BCUT2D eigenvalue weighted by atomic mass is 10.1. The van der Waals surface area contributed by atoms with Crippen molar-refractivity contribution in [2.45, 2.75) is 39.8 Å². The maximum atomic E-state index is 6.29. The Morgan fingerprint density at radius 1 is 1.29 bits per heavy atom. The molecule has 0 bridgehead atoms. The van der Waals surface area contributed by atoms with Gasteiger partial charge < -0.3 is 10.2 Å². The minimum atomic E-state index is 0.0984. The van der Waals surface area contributed by atoms with Gasteiger partial charge in [0.05, 0.1) is 0 Å². The van der Waals surface area contributed by atoms with Crippen molar-refractivity contribution in [3.63, 3.8) is 0 Å². The first kappa shape index (κ1) is 14.3. The Balaban J connectivity index is 2.96. The molecular formula is C14H23ClN2. The number of halogens is 1. The molecular weight excluding hydrogens is 232 g/mol. The van der Waals surface area contributed by atoms with Gasteiger partial charge in [0.15, 0.2) is 0 Å². The van der Waals surface area contributed by atoms with E-state index >= 15 is 0 Å². The fraction of sp³-hybridized carbons (Fsp3) is 0.571. The van der Waals surface area contributed by atoms with Crippen LogP contribution in [0.15, 0.2) is 18.2 Å². The van der Waals surface area contributed by atoms with Crippen LogP contribution >= 0.6 is 11.6 Å². The highest BCUT2D eigenvalue weighted by molar-refractivity contribution is 6.31. The Kier molecular flexibility index (Phi) is 4.84. The molecule has 3 heteroatoms. The number of hydrogen-bond acceptors (Lipinski definition) is 2. The van der Waals surface area contributed by atoms with Crippen LogP contribution in [0.4, 0.5) is 5.69 Å². The molecule has 0 aromatic heterocycles. The highest BCUT2D eigenvalue weighted by Gasteiger charge is 2.14. The highest BCUT2D eigenvalue weighted by atomic mass is 35.5. The van der Waals surface area contributed by atoms with E-state index in [1.807, 2.05) is 12.1 Å². The molecule has 0 unspecified atom stereocenters. The quantitative estimate of drug-likeness (QED) is 0.882. The largest absolute Gasteiger partial charge is 0.375 e. The molecule has 1 aromatic rings. The molecule has 0 aliphatic heterocycles. The number of hydrogen-bond donors (Lipinski definition) is 1. The van der Waals surface area contributed by atoms with Gasteiger partial charge in [-0.3, -0.25) is 0 Å². The second-order valence-electron chi connectivity index (χ2n) is 5.36. The van der Waals surface area contributed by atoms with Crippen LogP contribution in [-0.2, 0) is 6.54 Å². The van der Waals surface area contributed by atoms with Gasteiger partial charge in [-0.1, -0.05) is 17.7 Å². The standard InChI is InChI=1S/C14H23ClN2/c1-6-17(5)13-9-7-8-12(15)11(13)10-16-14(2,3)4/h7-9,16H,6,10H2,1-5H3. The van der Waals surface area contributed by atoms with E-state index in [1.165, 1.54) is 11.3 Å². The molecule has 0 aliphatic carbocycles. The third-order valence-corrected chi connectivity index (χ3v) is 3.13. The lowest BCUT2D eigenvalue weighted by Crippen LogP contribution is -2.35. The van der Waals surface area contributed by atoms with Crippen molar-refractivity contribution in [2.75, 3.05) is 18.5 Å². The summed E-state index contributed by atoms with van der Waals surface area (Å²) in [5.41, 5.74) is 2.48. The maximum absolute atomic E-state index is 6.29. The van der Waals surface area contributed by atoms with Crippen molar-refractivity contribution in [1.82, 2.24) is 5.32 Å². The fourth-order valence-corrected chi connectivity index (χ4v) is 1.84. The van der Waals surface area contributed by atoms with Gasteiger partial charge in [0.1, 0.15) is 0 Å². The van der Waals surface area contributed by atoms with Crippen molar-refractivity contribution in [2.24, 2.45) is 0 Å². The predicted molar refractivity (Wildman–Crippen MR) is 77.0 cm³/mol. The van der Waals surface area contributed by atoms with Gasteiger partial charge in [-0.2, -0.15) is 0 Å². The number of nitrogens with one attached hydrogen (secondary N) is 1. The van der Waals surface area contributed by atoms with Crippen molar-refractivity contribution < 1.29 is 0 Å². The van der Waals surface area contributed by atoms with Crippen LogP contribution in [0.3, 0.4) is 0 Å². The molecule has 1 rings (SSSR count). The summed E-state index contributed by atoms with van der Waals surface area (Å²) in [6.07, 6.45) is 0. The minimum Gasteiger partial charge on any atom is -0.375 e. The molecule has 0 fully saturated rings. The Labute approximate surface area is 110 Å². The monoisotopic (exact) mass is 254 g/mol. The van der Waals surface area contributed by atoms with Crippen molar-refractivity contribution in [3.05, 3.63) is 28.8 Å². The van der Waals surface area contributed by atoms with Crippen LogP contribution in [0.2, 0.25) is 5.02 Å². The highest BCUT2D eigenvalue weighted by Crippen LogP contribution is 2.27. The molecule has 0 saturated heterocycles. The predicted octanol–water partition coefficient (Wildman–Crippen LogP) is 3.68.